The second-order valence-corrected chi connectivity index (χ2v) is 3.44. The molecule has 0 spiro atoms. The van der Waals surface area contributed by atoms with E-state index in [0.717, 1.165) is 11.1 Å². The lowest BCUT2D eigenvalue weighted by molar-refractivity contribution is 0.416. The molecule has 3 heteroatoms. The molecule has 0 heterocycles. The zero-order valence-corrected chi connectivity index (χ0v) is 8.91. The van der Waals surface area contributed by atoms with Crippen LogP contribution in [0.3, 0.4) is 0 Å². The van der Waals surface area contributed by atoms with Crippen LogP contribution in [0.2, 0.25) is 0 Å². The van der Waals surface area contributed by atoms with Gasteiger partial charge in [-0.3, -0.25) is 0 Å². The van der Waals surface area contributed by atoms with Crippen LogP contribution in [0.15, 0.2) is 42.5 Å². The van der Waals surface area contributed by atoms with Gasteiger partial charge < -0.3 is 10.5 Å². The Hall–Kier alpha value is -2.03. The molecule has 16 heavy (non-hydrogen) atoms. The molecule has 0 unspecified atom stereocenters. The highest BCUT2D eigenvalue weighted by Crippen LogP contribution is 2.30. The van der Waals surface area contributed by atoms with Gasteiger partial charge in [0.1, 0.15) is 11.6 Å². The molecule has 0 aliphatic rings. The molecule has 0 aliphatic heterocycles. The smallest absolute Gasteiger partial charge is 0.146 e. The number of nitrogens with two attached hydrogens (primary N) is 1. The molecule has 0 aromatic heterocycles. The summed E-state index contributed by atoms with van der Waals surface area (Å²) in [6.07, 6.45) is 0. The number of ether oxygens (including phenoxy) is 1. The van der Waals surface area contributed by atoms with Gasteiger partial charge >= 0.3 is 0 Å². The van der Waals surface area contributed by atoms with Crippen molar-refractivity contribution in [2.45, 2.75) is 0 Å². The van der Waals surface area contributed by atoms with Gasteiger partial charge in [0.25, 0.3) is 0 Å². The Bertz CT molecular complexity index is 511. The average molecular weight is 217 g/mol. The van der Waals surface area contributed by atoms with Gasteiger partial charge in [-0.1, -0.05) is 24.3 Å². The highest BCUT2D eigenvalue weighted by molar-refractivity contribution is 5.71. The normalized spacial score (nSPS) is 10.1. The van der Waals surface area contributed by atoms with Crippen LogP contribution in [-0.2, 0) is 0 Å². The second-order valence-electron chi connectivity index (χ2n) is 3.44. The van der Waals surface area contributed by atoms with Crippen LogP contribution in [-0.4, -0.2) is 7.11 Å². The molecule has 0 aliphatic carbocycles. The maximum atomic E-state index is 13.3. The van der Waals surface area contributed by atoms with Crippen molar-refractivity contribution in [3.63, 3.8) is 0 Å². The first kappa shape index (κ1) is 10.5. The molecule has 2 aromatic carbocycles. The van der Waals surface area contributed by atoms with E-state index in [1.54, 1.807) is 19.2 Å². The molecule has 0 fully saturated rings. The van der Waals surface area contributed by atoms with Crippen molar-refractivity contribution in [3.05, 3.63) is 48.3 Å². The third kappa shape index (κ3) is 1.84. The van der Waals surface area contributed by atoms with Gasteiger partial charge in [-0.15, -0.1) is 0 Å². The maximum absolute atomic E-state index is 13.3. The van der Waals surface area contributed by atoms with Crippen LogP contribution >= 0.6 is 0 Å². The largest absolute Gasteiger partial charge is 0.496 e. The fourth-order valence-electron chi connectivity index (χ4n) is 1.58. The number of para-hydroxylation sites is 1. The summed E-state index contributed by atoms with van der Waals surface area (Å²) < 4.78 is 18.6. The number of rotatable bonds is 2. The van der Waals surface area contributed by atoms with Crippen molar-refractivity contribution >= 4 is 5.69 Å². The van der Waals surface area contributed by atoms with E-state index in [9.17, 15) is 4.39 Å². The number of methoxy groups -OCH3 is 1. The summed E-state index contributed by atoms with van der Waals surface area (Å²) in [5, 5.41) is 0. The molecular formula is C13H12FNO. The van der Waals surface area contributed by atoms with Crippen molar-refractivity contribution in [1.29, 1.82) is 0 Å². The highest BCUT2D eigenvalue weighted by atomic mass is 19.1. The summed E-state index contributed by atoms with van der Waals surface area (Å²) in [7, 11) is 1.59. The minimum atomic E-state index is -0.414. The molecule has 0 atom stereocenters. The predicted molar refractivity (Wildman–Crippen MR) is 62.8 cm³/mol. The van der Waals surface area contributed by atoms with Crippen LogP contribution in [0, 0.1) is 5.82 Å². The van der Waals surface area contributed by atoms with Gasteiger partial charge in [-0.2, -0.15) is 0 Å². The molecule has 2 rings (SSSR count). The quantitative estimate of drug-likeness (QED) is 0.784. The van der Waals surface area contributed by atoms with Gasteiger partial charge in [0, 0.05) is 5.56 Å². The van der Waals surface area contributed by atoms with Crippen molar-refractivity contribution < 1.29 is 9.13 Å². The number of halogens is 1. The van der Waals surface area contributed by atoms with E-state index >= 15 is 0 Å². The first-order chi connectivity index (χ1) is 7.72. The van der Waals surface area contributed by atoms with Crippen molar-refractivity contribution in [3.8, 4) is 16.9 Å². The van der Waals surface area contributed by atoms with Crippen molar-refractivity contribution in [2.75, 3.05) is 12.8 Å². The Morgan fingerprint density at radius 2 is 1.88 bits per heavy atom. The Morgan fingerprint density at radius 1 is 1.12 bits per heavy atom. The van der Waals surface area contributed by atoms with E-state index in [4.69, 9.17) is 10.5 Å². The van der Waals surface area contributed by atoms with Gasteiger partial charge in [-0.25, -0.2) is 4.39 Å². The fraction of sp³-hybridized carbons (Fsp3) is 0.0769. The summed E-state index contributed by atoms with van der Waals surface area (Å²) >= 11 is 0. The average Bonchev–Trinajstić information content (AvgIpc) is 2.32. The Labute approximate surface area is 93.5 Å². The third-order valence-electron chi connectivity index (χ3n) is 2.42. The molecule has 0 saturated carbocycles. The lowest BCUT2D eigenvalue weighted by atomic mass is 10.0. The van der Waals surface area contributed by atoms with E-state index in [0.29, 0.717) is 5.75 Å². The molecule has 2 N–H and O–H groups in total. The summed E-state index contributed by atoms with van der Waals surface area (Å²) in [6.45, 7) is 0. The van der Waals surface area contributed by atoms with Gasteiger partial charge in [0.2, 0.25) is 0 Å². The lowest BCUT2D eigenvalue weighted by Crippen LogP contribution is -1.92. The summed E-state index contributed by atoms with van der Waals surface area (Å²) in [4.78, 5) is 0. The Kier molecular flexibility index (Phi) is 2.77. The van der Waals surface area contributed by atoms with Crippen LogP contribution in [0.5, 0.6) is 5.75 Å². The summed E-state index contributed by atoms with van der Waals surface area (Å²) in [5.74, 6) is 0.301. The summed E-state index contributed by atoms with van der Waals surface area (Å²) in [6, 6.07) is 12.2. The molecule has 2 aromatic rings. The van der Waals surface area contributed by atoms with E-state index in [1.807, 2.05) is 24.3 Å². The summed E-state index contributed by atoms with van der Waals surface area (Å²) in [5.41, 5.74) is 7.19. The van der Waals surface area contributed by atoms with Crippen LogP contribution in [0.4, 0.5) is 10.1 Å². The molecule has 0 saturated heterocycles. The minimum Gasteiger partial charge on any atom is -0.496 e. The fourth-order valence-corrected chi connectivity index (χ4v) is 1.58. The monoisotopic (exact) mass is 217 g/mol. The van der Waals surface area contributed by atoms with E-state index in [2.05, 4.69) is 0 Å². The lowest BCUT2D eigenvalue weighted by Gasteiger charge is -2.08. The zero-order valence-electron chi connectivity index (χ0n) is 8.91. The SMILES string of the molecule is COc1ccccc1-c1ccc(N)c(F)c1. The maximum Gasteiger partial charge on any atom is 0.146 e. The van der Waals surface area contributed by atoms with Gasteiger partial charge in [0.15, 0.2) is 0 Å². The van der Waals surface area contributed by atoms with Crippen molar-refractivity contribution in [2.24, 2.45) is 0 Å². The number of anilines is 1. The first-order valence-electron chi connectivity index (χ1n) is 4.91. The predicted octanol–water partition coefficient (Wildman–Crippen LogP) is 3.08. The van der Waals surface area contributed by atoms with Crippen LogP contribution in [0.25, 0.3) is 11.1 Å². The van der Waals surface area contributed by atoms with E-state index in [-0.39, 0.29) is 5.69 Å². The van der Waals surface area contributed by atoms with E-state index in [1.165, 1.54) is 6.07 Å². The molecule has 0 amide bonds. The molecule has 2 nitrogen and oxygen atoms in total. The van der Waals surface area contributed by atoms with Crippen LogP contribution in [0.1, 0.15) is 0 Å². The Balaban J connectivity index is 2.54. The minimum absolute atomic E-state index is 0.152. The third-order valence-corrected chi connectivity index (χ3v) is 2.42. The standard InChI is InChI=1S/C13H12FNO/c1-16-13-5-3-2-4-10(13)9-6-7-12(15)11(14)8-9/h2-8H,15H2,1H3. The molecule has 0 bridgehead atoms. The zero-order chi connectivity index (χ0) is 11.5. The number of benzene rings is 2. The van der Waals surface area contributed by atoms with Crippen LogP contribution < -0.4 is 10.5 Å². The molecule has 82 valence electrons. The molecule has 0 radical (unpaired) electrons. The van der Waals surface area contributed by atoms with E-state index < -0.39 is 5.82 Å². The number of hydrogen-bond donors (Lipinski definition) is 1. The second kappa shape index (κ2) is 4.23. The molecular weight excluding hydrogens is 205 g/mol. The van der Waals surface area contributed by atoms with Gasteiger partial charge in [0.05, 0.1) is 12.8 Å². The van der Waals surface area contributed by atoms with Crippen molar-refractivity contribution in [1.82, 2.24) is 0 Å². The highest BCUT2D eigenvalue weighted by Gasteiger charge is 2.06. The number of nitrogen functional groups attached to an aromatic ring is 1. The van der Waals surface area contributed by atoms with Gasteiger partial charge in [-0.05, 0) is 23.8 Å². The number of hydrogen-bond acceptors (Lipinski definition) is 2. The topological polar surface area (TPSA) is 35.2 Å². The first-order valence-corrected chi connectivity index (χ1v) is 4.91. The Morgan fingerprint density at radius 3 is 2.56 bits per heavy atom.